The maximum Gasteiger partial charge on any atom is 0.150 e. The van der Waals surface area contributed by atoms with E-state index < -0.39 is 0 Å². The van der Waals surface area contributed by atoms with Crippen LogP contribution in [0.5, 0.6) is 0 Å². The molecule has 1 aromatic carbocycles. The summed E-state index contributed by atoms with van der Waals surface area (Å²) in [6.07, 6.45) is 3.02. The number of rotatable bonds is 4. The fraction of sp³-hybridized carbons (Fsp3) is 0.409. The highest BCUT2D eigenvalue weighted by atomic mass is 35.5. The number of hydrogen-bond acceptors (Lipinski definition) is 4. The molecule has 1 fully saturated rings. The maximum absolute atomic E-state index is 10.2. The number of halogens is 3. The molecule has 2 aromatic rings. The third-order valence-corrected chi connectivity index (χ3v) is 7.43. The van der Waals surface area contributed by atoms with Crippen molar-refractivity contribution in [1.29, 1.82) is 0 Å². The van der Waals surface area contributed by atoms with E-state index in [0.717, 1.165) is 49.7 Å². The van der Waals surface area contributed by atoms with Gasteiger partial charge in [0.25, 0.3) is 0 Å². The second kappa shape index (κ2) is 7.75. The third kappa shape index (κ3) is 3.45. The normalized spacial score (nSPS) is 23.8. The topological polar surface area (TPSA) is 39.6 Å². The van der Waals surface area contributed by atoms with Gasteiger partial charge in [0.15, 0.2) is 0 Å². The minimum atomic E-state index is 0.0640. The lowest BCUT2D eigenvalue weighted by Gasteiger charge is -2.47. The van der Waals surface area contributed by atoms with Crippen molar-refractivity contribution < 1.29 is 5.11 Å². The van der Waals surface area contributed by atoms with E-state index in [9.17, 15) is 5.11 Å². The van der Waals surface area contributed by atoms with Gasteiger partial charge in [-0.05, 0) is 65.8 Å². The molecule has 2 atom stereocenters. The van der Waals surface area contributed by atoms with Crippen LogP contribution in [0.4, 0.5) is 5.82 Å². The van der Waals surface area contributed by atoms with Gasteiger partial charge >= 0.3 is 0 Å². The molecular formula is C22H22Cl3N3O. The molecule has 3 heterocycles. The first-order valence-corrected chi connectivity index (χ1v) is 11.1. The zero-order valence-electron chi connectivity index (χ0n) is 15.9. The Labute approximate surface area is 185 Å². The molecule has 0 bridgehead atoms. The average Bonchev–Trinajstić information content (AvgIpc) is 3.05. The summed E-state index contributed by atoms with van der Waals surface area (Å²) in [6.45, 7) is 2.94. The molecule has 0 saturated carbocycles. The minimum Gasteiger partial charge on any atom is -0.394 e. The van der Waals surface area contributed by atoms with Crippen LogP contribution in [0.3, 0.4) is 0 Å². The predicted molar refractivity (Wildman–Crippen MR) is 119 cm³/mol. The number of aromatic nitrogens is 1. The molecule has 2 unspecified atom stereocenters. The van der Waals surface area contributed by atoms with Crippen molar-refractivity contribution >= 4 is 46.2 Å². The molecule has 4 nitrogen and oxygen atoms in total. The summed E-state index contributed by atoms with van der Waals surface area (Å²) in [5.41, 5.74) is 5.34. The number of fused-ring (bicyclic) bond motifs is 2. The molecule has 3 aliphatic rings. The number of hydrogen-bond donors (Lipinski definition) is 1. The van der Waals surface area contributed by atoms with Gasteiger partial charge < -0.3 is 10.0 Å². The summed E-state index contributed by atoms with van der Waals surface area (Å²) in [4.78, 5) is 9.15. The van der Waals surface area contributed by atoms with E-state index in [4.69, 9.17) is 34.8 Å². The van der Waals surface area contributed by atoms with Crippen molar-refractivity contribution in [3.05, 3.63) is 62.2 Å². The van der Waals surface area contributed by atoms with E-state index in [0.29, 0.717) is 16.2 Å². The van der Waals surface area contributed by atoms with E-state index in [1.165, 1.54) is 22.3 Å². The van der Waals surface area contributed by atoms with Gasteiger partial charge in [-0.2, -0.15) is 0 Å². The number of pyridine rings is 1. The Morgan fingerprint density at radius 1 is 1.10 bits per heavy atom. The first-order chi connectivity index (χ1) is 14.0. The molecule has 0 spiro atoms. The largest absolute Gasteiger partial charge is 0.394 e. The second-order valence-electron chi connectivity index (χ2n) is 8.00. The first kappa shape index (κ1) is 19.7. The monoisotopic (exact) mass is 449 g/mol. The van der Waals surface area contributed by atoms with Crippen LogP contribution in [0.1, 0.15) is 24.0 Å². The first-order valence-electron chi connectivity index (χ1n) is 9.99. The molecule has 1 aromatic heterocycles. The number of nitrogens with zero attached hydrogens (tertiary/aromatic N) is 3. The summed E-state index contributed by atoms with van der Waals surface area (Å²) in [6, 6.07) is 10.3. The summed E-state index contributed by atoms with van der Waals surface area (Å²) in [7, 11) is 0. The lowest BCUT2D eigenvalue weighted by atomic mass is 9.91. The number of anilines is 1. The van der Waals surface area contributed by atoms with E-state index in [-0.39, 0.29) is 12.6 Å². The standard InChI is InChI=1S/C22H22Cl3N3O/c23-14-2-1-13-9-18-16(17(13)10-14)6-7-27(20(18)12-29)11-15-5-8-28(15)21-4-3-19(24)22(25)26-21/h1-4,10,15,20,29H,5-9,11-12H2. The van der Waals surface area contributed by atoms with Gasteiger partial charge in [-0.25, -0.2) is 4.98 Å². The lowest BCUT2D eigenvalue weighted by molar-refractivity contribution is 0.124. The third-order valence-electron chi connectivity index (χ3n) is 6.50. The van der Waals surface area contributed by atoms with Crippen molar-refractivity contribution in [3.8, 4) is 0 Å². The minimum absolute atomic E-state index is 0.0640. The van der Waals surface area contributed by atoms with Gasteiger partial charge in [0.05, 0.1) is 17.7 Å². The van der Waals surface area contributed by atoms with Gasteiger partial charge in [0, 0.05) is 30.7 Å². The highest BCUT2D eigenvalue weighted by molar-refractivity contribution is 6.41. The Bertz CT molecular complexity index is 993. The molecule has 2 aliphatic heterocycles. The predicted octanol–water partition coefficient (Wildman–Crippen LogP) is 4.70. The van der Waals surface area contributed by atoms with Gasteiger partial charge in [-0.3, -0.25) is 4.90 Å². The molecule has 0 radical (unpaired) electrons. The van der Waals surface area contributed by atoms with Gasteiger partial charge in [-0.15, -0.1) is 0 Å². The lowest BCUT2D eigenvalue weighted by Crippen LogP contribution is -2.57. The summed E-state index contributed by atoms with van der Waals surface area (Å²) >= 11 is 18.4. The zero-order chi connectivity index (χ0) is 20.1. The molecule has 1 aliphatic carbocycles. The highest BCUT2D eigenvalue weighted by Gasteiger charge is 2.38. The van der Waals surface area contributed by atoms with Gasteiger partial charge in [0.1, 0.15) is 11.0 Å². The van der Waals surface area contributed by atoms with E-state index >= 15 is 0 Å². The average molecular weight is 451 g/mol. The smallest absolute Gasteiger partial charge is 0.150 e. The number of benzene rings is 1. The number of aliphatic hydroxyl groups is 1. The summed E-state index contributed by atoms with van der Waals surface area (Å²) < 4.78 is 0. The Morgan fingerprint density at radius 3 is 2.69 bits per heavy atom. The molecular weight excluding hydrogens is 429 g/mol. The summed E-state index contributed by atoms with van der Waals surface area (Å²) in [5.74, 6) is 0.871. The van der Waals surface area contributed by atoms with Crippen molar-refractivity contribution in [1.82, 2.24) is 9.88 Å². The molecule has 152 valence electrons. The van der Waals surface area contributed by atoms with Crippen molar-refractivity contribution in [3.63, 3.8) is 0 Å². The maximum atomic E-state index is 10.2. The fourth-order valence-corrected chi connectivity index (χ4v) is 5.36. The fourth-order valence-electron chi connectivity index (χ4n) is 4.93. The van der Waals surface area contributed by atoms with Crippen LogP contribution < -0.4 is 4.90 Å². The Morgan fingerprint density at radius 2 is 1.97 bits per heavy atom. The van der Waals surface area contributed by atoms with Crippen LogP contribution in [0.25, 0.3) is 5.57 Å². The molecule has 1 N–H and O–H groups in total. The quantitative estimate of drug-likeness (QED) is 0.686. The van der Waals surface area contributed by atoms with Crippen LogP contribution in [0, 0.1) is 0 Å². The zero-order valence-corrected chi connectivity index (χ0v) is 18.2. The summed E-state index contributed by atoms with van der Waals surface area (Å²) in [5, 5.41) is 11.8. The Balaban J connectivity index is 1.34. The number of aliphatic hydroxyl groups excluding tert-OH is 1. The molecule has 1 saturated heterocycles. The molecule has 0 amide bonds. The van der Waals surface area contributed by atoms with E-state index in [2.05, 4.69) is 26.9 Å². The Hall–Kier alpha value is -1.30. The van der Waals surface area contributed by atoms with Crippen LogP contribution >= 0.6 is 34.8 Å². The highest BCUT2D eigenvalue weighted by Crippen LogP contribution is 2.42. The van der Waals surface area contributed by atoms with Crippen LogP contribution in [-0.4, -0.2) is 53.3 Å². The van der Waals surface area contributed by atoms with E-state index in [1.54, 1.807) is 6.07 Å². The van der Waals surface area contributed by atoms with Crippen molar-refractivity contribution in [2.75, 3.05) is 31.1 Å². The van der Waals surface area contributed by atoms with Gasteiger partial charge in [-0.1, -0.05) is 40.9 Å². The van der Waals surface area contributed by atoms with E-state index in [1.807, 2.05) is 12.1 Å². The van der Waals surface area contributed by atoms with Crippen molar-refractivity contribution in [2.24, 2.45) is 0 Å². The van der Waals surface area contributed by atoms with Crippen LogP contribution in [0.15, 0.2) is 35.9 Å². The van der Waals surface area contributed by atoms with Crippen LogP contribution in [-0.2, 0) is 6.42 Å². The molecule has 5 rings (SSSR count). The van der Waals surface area contributed by atoms with Crippen molar-refractivity contribution in [2.45, 2.75) is 31.3 Å². The van der Waals surface area contributed by atoms with Crippen LogP contribution in [0.2, 0.25) is 15.2 Å². The SMILES string of the molecule is OCC1C2=C(CCN1CC1CCN1c1ccc(Cl)c(Cl)n1)c1cc(Cl)ccc1C2. The Kier molecular flexibility index (Phi) is 5.25. The second-order valence-corrected chi connectivity index (χ2v) is 9.20. The van der Waals surface area contributed by atoms with Gasteiger partial charge in [0.2, 0.25) is 0 Å². The molecule has 7 heteroatoms. The molecule has 29 heavy (non-hydrogen) atoms.